The fourth-order valence-corrected chi connectivity index (χ4v) is 2.29. The first kappa shape index (κ1) is 19.5. The summed E-state index contributed by atoms with van der Waals surface area (Å²) in [5.74, 6) is -1.47. The quantitative estimate of drug-likeness (QED) is 0.613. The first-order valence-corrected chi connectivity index (χ1v) is 8.10. The third-order valence-corrected chi connectivity index (χ3v) is 3.64. The van der Waals surface area contributed by atoms with Crippen LogP contribution < -0.4 is 5.32 Å². The zero-order chi connectivity index (χ0) is 20.1. The van der Waals surface area contributed by atoms with E-state index in [0.717, 1.165) is 5.56 Å². The van der Waals surface area contributed by atoms with Crippen LogP contribution in [0.25, 0.3) is 11.4 Å². The number of hydrogen-bond donors (Lipinski definition) is 1. The van der Waals surface area contributed by atoms with Gasteiger partial charge >= 0.3 is 12.1 Å². The SMILES string of the molecule is COCCNC(=O)c1cc(Cc2ccc(-c3noc(C(F)(F)F)n3)cc2)on1. The Morgan fingerprint density at radius 2 is 1.93 bits per heavy atom. The zero-order valence-electron chi connectivity index (χ0n) is 14.6. The number of nitrogens with zero attached hydrogens (tertiary/aromatic N) is 3. The van der Waals surface area contributed by atoms with E-state index in [1.165, 1.54) is 13.2 Å². The highest BCUT2D eigenvalue weighted by molar-refractivity contribution is 5.92. The number of amides is 1. The molecule has 3 aromatic rings. The number of methoxy groups -OCH3 is 1. The summed E-state index contributed by atoms with van der Waals surface area (Å²) in [6.45, 7) is 0.735. The molecule has 0 fully saturated rings. The Morgan fingerprint density at radius 3 is 2.57 bits per heavy atom. The monoisotopic (exact) mass is 396 g/mol. The molecular weight excluding hydrogens is 381 g/mol. The Bertz CT molecular complexity index is 935. The fourth-order valence-electron chi connectivity index (χ4n) is 2.29. The van der Waals surface area contributed by atoms with E-state index < -0.39 is 12.1 Å². The second kappa shape index (κ2) is 8.21. The standard InChI is InChI=1S/C17H15F3N4O4/c1-26-7-6-21-15(25)13-9-12(27-23-13)8-10-2-4-11(5-3-10)14-22-16(28-24-14)17(18,19)20/h2-5,9H,6-8H2,1H3,(H,21,25). The third-order valence-electron chi connectivity index (χ3n) is 3.64. The third kappa shape index (κ3) is 4.74. The van der Waals surface area contributed by atoms with Gasteiger partial charge in [0.25, 0.3) is 5.91 Å². The molecule has 1 amide bonds. The summed E-state index contributed by atoms with van der Waals surface area (Å²) in [6.07, 6.45) is -4.34. The minimum atomic E-state index is -4.69. The first-order chi connectivity index (χ1) is 13.4. The minimum absolute atomic E-state index is 0.147. The predicted octanol–water partition coefficient (Wildman–Crippen LogP) is 2.71. The molecule has 0 unspecified atom stereocenters. The van der Waals surface area contributed by atoms with Crippen molar-refractivity contribution in [1.82, 2.24) is 20.6 Å². The Balaban J connectivity index is 1.63. The van der Waals surface area contributed by atoms with Crippen LogP contribution in [-0.4, -0.2) is 41.5 Å². The van der Waals surface area contributed by atoms with Crippen LogP contribution in [0.2, 0.25) is 0 Å². The molecule has 0 atom stereocenters. The lowest BCUT2D eigenvalue weighted by Crippen LogP contribution is -2.27. The van der Waals surface area contributed by atoms with Crippen molar-refractivity contribution in [2.24, 2.45) is 0 Å². The van der Waals surface area contributed by atoms with Gasteiger partial charge in [0.15, 0.2) is 5.69 Å². The molecule has 3 rings (SSSR count). The van der Waals surface area contributed by atoms with Crippen LogP contribution in [0.5, 0.6) is 0 Å². The van der Waals surface area contributed by atoms with Crippen molar-refractivity contribution in [3.63, 3.8) is 0 Å². The fraction of sp³-hybridized carbons (Fsp3) is 0.294. The number of rotatable bonds is 7. The van der Waals surface area contributed by atoms with Gasteiger partial charge in [0.1, 0.15) is 5.76 Å². The normalized spacial score (nSPS) is 11.6. The maximum atomic E-state index is 12.5. The molecule has 0 aliphatic rings. The van der Waals surface area contributed by atoms with Crippen molar-refractivity contribution < 1.29 is 31.7 Å². The maximum Gasteiger partial charge on any atom is 0.471 e. The number of benzene rings is 1. The van der Waals surface area contributed by atoms with Crippen LogP contribution in [-0.2, 0) is 17.3 Å². The highest BCUT2D eigenvalue weighted by Gasteiger charge is 2.38. The van der Waals surface area contributed by atoms with Gasteiger partial charge in [-0.3, -0.25) is 4.79 Å². The maximum absolute atomic E-state index is 12.5. The Kier molecular flexibility index (Phi) is 5.73. The molecule has 28 heavy (non-hydrogen) atoms. The van der Waals surface area contributed by atoms with Gasteiger partial charge in [-0.05, 0) is 5.56 Å². The molecule has 0 aliphatic carbocycles. The molecule has 148 valence electrons. The van der Waals surface area contributed by atoms with Crippen LogP contribution in [0.3, 0.4) is 0 Å². The number of carbonyl (C=O) groups excluding carboxylic acids is 1. The summed E-state index contributed by atoms with van der Waals surface area (Å²) >= 11 is 0. The van der Waals surface area contributed by atoms with Crippen molar-refractivity contribution in [3.8, 4) is 11.4 Å². The van der Waals surface area contributed by atoms with E-state index >= 15 is 0 Å². The van der Waals surface area contributed by atoms with Gasteiger partial charge in [-0.25, -0.2) is 0 Å². The lowest BCUT2D eigenvalue weighted by Gasteiger charge is -2.00. The van der Waals surface area contributed by atoms with Gasteiger partial charge in [-0.1, -0.05) is 34.6 Å². The Morgan fingerprint density at radius 1 is 1.18 bits per heavy atom. The molecule has 0 spiro atoms. The van der Waals surface area contributed by atoms with E-state index in [1.54, 1.807) is 24.3 Å². The van der Waals surface area contributed by atoms with Crippen molar-refractivity contribution in [2.75, 3.05) is 20.3 Å². The second-order valence-electron chi connectivity index (χ2n) is 5.72. The average Bonchev–Trinajstić information content (AvgIpc) is 3.32. The van der Waals surface area contributed by atoms with Gasteiger partial charge in [0.2, 0.25) is 5.82 Å². The number of aromatic nitrogens is 3. The minimum Gasteiger partial charge on any atom is -0.383 e. The van der Waals surface area contributed by atoms with Crippen LogP contribution >= 0.6 is 0 Å². The smallest absolute Gasteiger partial charge is 0.383 e. The topological polar surface area (TPSA) is 103 Å². The van der Waals surface area contributed by atoms with Crippen molar-refractivity contribution >= 4 is 5.91 Å². The number of alkyl halides is 3. The van der Waals surface area contributed by atoms with E-state index in [9.17, 15) is 18.0 Å². The van der Waals surface area contributed by atoms with E-state index in [0.29, 0.717) is 30.9 Å². The molecule has 0 bridgehead atoms. The number of hydrogen-bond acceptors (Lipinski definition) is 7. The van der Waals surface area contributed by atoms with Crippen molar-refractivity contribution in [2.45, 2.75) is 12.6 Å². The number of carbonyl (C=O) groups is 1. The van der Waals surface area contributed by atoms with Gasteiger partial charge in [0.05, 0.1) is 6.61 Å². The lowest BCUT2D eigenvalue weighted by molar-refractivity contribution is -0.159. The summed E-state index contributed by atoms with van der Waals surface area (Å²) in [5.41, 5.74) is 1.32. The molecular formula is C17H15F3N4O4. The summed E-state index contributed by atoms with van der Waals surface area (Å²) in [6, 6.07) is 8.01. The van der Waals surface area contributed by atoms with Gasteiger partial charge < -0.3 is 19.1 Å². The molecule has 8 nitrogen and oxygen atoms in total. The summed E-state index contributed by atoms with van der Waals surface area (Å²) in [5, 5.41) is 9.67. The predicted molar refractivity (Wildman–Crippen MR) is 88.3 cm³/mol. The second-order valence-corrected chi connectivity index (χ2v) is 5.72. The van der Waals surface area contributed by atoms with Crippen LogP contribution in [0.1, 0.15) is 27.7 Å². The van der Waals surface area contributed by atoms with Crippen molar-refractivity contribution in [3.05, 3.63) is 53.2 Å². The molecule has 1 N–H and O–H groups in total. The summed E-state index contributed by atoms with van der Waals surface area (Å²) < 4.78 is 51.8. The van der Waals surface area contributed by atoms with Crippen LogP contribution in [0.15, 0.2) is 39.4 Å². The average molecular weight is 396 g/mol. The highest BCUT2D eigenvalue weighted by atomic mass is 19.4. The van der Waals surface area contributed by atoms with Crippen LogP contribution in [0.4, 0.5) is 13.2 Å². The molecule has 0 saturated heterocycles. The van der Waals surface area contributed by atoms with Gasteiger partial charge in [0, 0.05) is 31.7 Å². The number of nitrogens with one attached hydrogen (secondary N) is 1. The first-order valence-electron chi connectivity index (χ1n) is 8.10. The molecule has 2 aromatic heterocycles. The van der Waals surface area contributed by atoms with Gasteiger partial charge in [-0.15, -0.1) is 0 Å². The number of ether oxygens (including phenoxy) is 1. The zero-order valence-corrected chi connectivity index (χ0v) is 14.6. The molecule has 2 heterocycles. The summed E-state index contributed by atoms with van der Waals surface area (Å²) in [7, 11) is 1.53. The number of halogens is 3. The van der Waals surface area contributed by atoms with Crippen LogP contribution in [0, 0.1) is 0 Å². The van der Waals surface area contributed by atoms with Crippen molar-refractivity contribution in [1.29, 1.82) is 0 Å². The highest BCUT2D eigenvalue weighted by Crippen LogP contribution is 2.29. The Labute approximate surface area is 156 Å². The molecule has 11 heteroatoms. The summed E-state index contributed by atoms with van der Waals surface area (Å²) in [4.78, 5) is 15.2. The largest absolute Gasteiger partial charge is 0.471 e. The molecule has 0 radical (unpaired) electrons. The molecule has 1 aromatic carbocycles. The van der Waals surface area contributed by atoms with E-state index in [-0.39, 0.29) is 17.4 Å². The molecule has 0 saturated carbocycles. The molecule has 0 aliphatic heterocycles. The lowest BCUT2D eigenvalue weighted by atomic mass is 10.1. The van der Waals surface area contributed by atoms with Gasteiger partial charge in [-0.2, -0.15) is 18.2 Å². The van der Waals surface area contributed by atoms with E-state index in [4.69, 9.17) is 9.26 Å². The van der Waals surface area contributed by atoms with E-state index in [2.05, 4.69) is 25.1 Å². The van der Waals surface area contributed by atoms with E-state index in [1.807, 2.05) is 0 Å². The Hall–Kier alpha value is -3.21.